The first-order valence-electron chi connectivity index (χ1n) is 6.24. The number of nitro groups is 1. The van der Waals surface area contributed by atoms with Crippen LogP contribution in [0.5, 0.6) is 0 Å². The molecule has 0 N–H and O–H groups in total. The third kappa shape index (κ3) is 3.04. The van der Waals surface area contributed by atoms with Crippen molar-refractivity contribution < 1.29 is 9.72 Å². The molecule has 6 nitrogen and oxygen atoms in total. The number of hydrogen-bond donors (Lipinski definition) is 0. The summed E-state index contributed by atoms with van der Waals surface area (Å²) in [5, 5.41) is 11.2. The van der Waals surface area contributed by atoms with E-state index in [-0.39, 0.29) is 16.6 Å². The summed E-state index contributed by atoms with van der Waals surface area (Å²) < 4.78 is 0. The second-order valence-electron chi connectivity index (χ2n) is 4.41. The Morgan fingerprint density at radius 3 is 3.10 bits per heavy atom. The van der Waals surface area contributed by atoms with E-state index in [0.29, 0.717) is 18.3 Å². The minimum atomic E-state index is -0.654. The van der Waals surface area contributed by atoms with Gasteiger partial charge in [0.25, 0.3) is 5.91 Å². The molecular weight excluding hydrogens is 302 g/mol. The lowest BCUT2D eigenvalue weighted by Gasteiger charge is -2.31. The molecule has 1 aromatic rings. The Balaban J connectivity index is 2.29. The molecule has 0 radical (unpaired) electrons. The summed E-state index contributed by atoms with van der Waals surface area (Å²) in [6, 6.07) is 1.36. The number of hydrogen-bond acceptors (Lipinski definition) is 5. The fraction of sp³-hybridized carbons (Fsp3) is 0.500. The fourth-order valence-electron chi connectivity index (χ4n) is 2.10. The number of rotatable bonds is 3. The highest BCUT2D eigenvalue weighted by atomic mass is 35.5. The van der Waals surface area contributed by atoms with E-state index in [4.69, 9.17) is 11.6 Å². The number of carbonyl (C=O) groups excluding carboxylic acids is 1. The Hall–Kier alpha value is -1.34. The lowest BCUT2D eigenvalue weighted by atomic mass is 10.2. The van der Waals surface area contributed by atoms with E-state index in [2.05, 4.69) is 11.9 Å². The minimum Gasteiger partial charge on any atom is -0.336 e. The summed E-state index contributed by atoms with van der Waals surface area (Å²) in [6.07, 6.45) is 2.28. The second-order valence-corrected chi connectivity index (χ2v) is 6.17. The quantitative estimate of drug-likeness (QED) is 0.487. The fourth-order valence-corrected chi connectivity index (χ4v) is 3.50. The van der Waals surface area contributed by atoms with E-state index in [0.717, 1.165) is 12.2 Å². The van der Waals surface area contributed by atoms with Crippen molar-refractivity contribution >= 4 is 35.0 Å². The van der Waals surface area contributed by atoms with Gasteiger partial charge in [-0.3, -0.25) is 14.9 Å². The molecule has 2 heterocycles. The number of aromatic nitrogens is 1. The maximum Gasteiger partial charge on any atom is 0.319 e. The molecule has 8 heteroatoms. The lowest BCUT2D eigenvalue weighted by molar-refractivity contribution is -0.385. The maximum absolute atomic E-state index is 12.5. The van der Waals surface area contributed by atoms with Gasteiger partial charge in [0.2, 0.25) is 5.15 Å². The van der Waals surface area contributed by atoms with Gasteiger partial charge in [0.05, 0.1) is 4.92 Å². The minimum absolute atomic E-state index is 0.0109. The third-order valence-electron chi connectivity index (χ3n) is 3.17. The first-order valence-corrected chi connectivity index (χ1v) is 7.67. The zero-order valence-corrected chi connectivity index (χ0v) is 12.5. The van der Waals surface area contributed by atoms with Gasteiger partial charge in [-0.15, -0.1) is 0 Å². The maximum atomic E-state index is 12.5. The zero-order chi connectivity index (χ0) is 14.7. The molecule has 2 rings (SSSR count). The number of carbonyl (C=O) groups is 1. The first-order chi connectivity index (χ1) is 9.54. The Labute approximate surface area is 125 Å². The van der Waals surface area contributed by atoms with E-state index >= 15 is 0 Å². The summed E-state index contributed by atoms with van der Waals surface area (Å²) in [4.78, 5) is 28.2. The Morgan fingerprint density at radius 1 is 1.70 bits per heavy atom. The van der Waals surface area contributed by atoms with Crippen LogP contribution >= 0.6 is 23.4 Å². The van der Waals surface area contributed by atoms with Crippen molar-refractivity contribution in [2.24, 2.45) is 0 Å². The highest BCUT2D eigenvalue weighted by Crippen LogP contribution is 2.29. The van der Waals surface area contributed by atoms with Crippen LogP contribution in [0.1, 0.15) is 23.7 Å². The van der Waals surface area contributed by atoms with Crippen molar-refractivity contribution in [3.63, 3.8) is 0 Å². The van der Waals surface area contributed by atoms with Crippen molar-refractivity contribution in [3.05, 3.63) is 33.1 Å². The SMILES string of the molecule is CCC1CN(C(=O)c2ccnc(Cl)c2[N+](=O)[O-])CCS1. The van der Waals surface area contributed by atoms with Crippen molar-refractivity contribution in [2.75, 3.05) is 18.8 Å². The molecule has 1 fully saturated rings. The number of halogens is 1. The van der Waals surface area contributed by atoms with Crippen LogP contribution in [-0.4, -0.2) is 44.8 Å². The molecule has 0 saturated carbocycles. The van der Waals surface area contributed by atoms with Crippen LogP contribution in [0.15, 0.2) is 12.3 Å². The van der Waals surface area contributed by atoms with Crippen LogP contribution in [0, 0.1) is 10.1 Å². The number of amides is 1. The normalized spacial score (nSPS) is 18.9. The van der Waals surface area contributed by atoms with E-state index < -0.39 is 10.6 Å². The van der Waals surface area contributed by atoms with Crippen LogP contribution < -0.4 is 0 Å². The summed E-state index contributed by atoms with van der Waals surface area (Å²) in [5.41, 5.74) is -0.401. The average Bonchev–Trinajstić information content (AvgIpc) is 2.45. The van der Waals surface area contributed by atoms with Gasteiger partial charge in [0, 0.05) is 30.3 Å². The van der Waals surface area contributed by atoms with E-state index in [1.807, 2.05) is 11.8 Å². The second kappa shape index (κ2) is 6.41. The molecule has 1 aliphatic heterocycles. The largest absolute Gasteiger partial charge is 0.336 e. The molecule has 0 aromatic carbocycles. The smallest absolute Gasteiger partial charge is 0.319 e. The Bertz CT molecular complexity index is 541. The summed E-state index contributed by atoms with van der Waals surface area (Å²) >= 11 is 7.56. The average molecular weight is 316 g/mol. The molecule has 1 saturated heterocycles. The van der Waals surface area contributed by atoms with Gasteiger partial charge in [-0.25, -0.2) is 4.98 Å². The number of pyridine rings is 1. The van der Waals surface area contributed by atoms with E-state index in [1.54, 1.807) is 4.90 Å². The lowest BCUT2D eigenvalue weighted by Crippen LogP contribution is -2.42. The summed E-state index contributed by atoms with van der Waals surface area (Å²) in [5.74, 6) is 0.497. The van der Waals surface area contributed by atoms with Gasteiger partial charge in [-0.1, -0.05) is 18.5 Å². The highest BCUT2D eigenvalue weighted by Gasteiger charge is 2.30. The standard InChI is InChI=1S/C12H14ClN3O3S/c1-2-8-7-15(5-6-20-8)12(17)9-3-4-14-11(13)10(9)16(18)19/h3-4,8H,2,5-7H2,1H3. The van der Waals surface area contributed by atoms with Gasteiger partial charge in [0.1, 0.15) is 5.56 Å². The van der Waals surface area contributed by atoms with Gasteiger partial charge in [-0.05, 0) is 12.5 Å². The Morgan fingerprint density at radius 2 is 2.45 bits per heavy atom. The van der Waals surface area contributed by atoms with Gasteiger partial charge in [0.15, 0.2) is 0 Å². The molecule has 1 atom stereocenters. The zero-order valence-electron chi connectivity index (χ0n) is 10.9. The number of thioether (sulfide) groups is 1. The van der Waals surface area contributed by atoms with Gasteiger partial charge < -0.3 is 4.90 Å². The van der Waals surface area contributed by atoms with Crippen molar-refractivity contribution in [1.82, 2.24) is 9.88 Å². The van der Waals surface area contributed by atoms with Crippen LogP contribution in [0.2, 0.25) is 5.15 Å². The molecule has 1 aromatic heterocycles. The van der Waals surface area contributed by atoms with Crippen LogP contribution in [0.3, 0.4) is 0 Å². The van der Waals surface area contributed by atoms with Crippen LogP contribution in [0.25, 0.3) is 0 Å². The van der Waals surface area contributed by atoms with E-state index in [1.165, 1.54) is 12.3 Å². The molecule has 108 valence electrons. The van der Waals surface area contributed by atoms with Crippen molar-refractivity contribution in [3.8, 4) is 0 Å². The Kier molecular flexibility index (Phi) is 4.82. The molecule has 1 aliphatic rings. The molecule has 1 unspecified atom stereocenters. The molecule has 0 spiro atoms. The molecule has 1 amide bonds. The summed E-state index contributed by atoms with van der Waals surface area (Å²) in [7, 11) is 0. The molecular formula is C12H14ClN3O3S. The highest BCUT2D eigenvalue weighted by molar-refractivity contribution is 8.00. The van der Waals surface area contributed by atoms with Crippen LogP contribution in [-0.2, 0) is 0 Å². The van der Waals surface area contributed by atoms with E-state index in [9.17, 15) is 14.9 Å². The molecule has 20 heavy (non-hydrogen) atoms. The predicted molar refractivity (Wildman–Crippen MR) is 78.3 cm³/mol. The first kappa shape index (κ1) is 15.1. The monoisotopic (exact) mass is 315 g/mol. The topological polar surface area (TPSA) is 76.3 Å². The van der Waals surface area contributed by atoms with Gasteiger partial charge >= 0.3 is 5.69 Å². The molecule has 0 aliphatic carbocycles. The van der Waals surface area contributed by atoms with Crippen LogP contribution in [0.4, 0.5) is 5.69 Å². The number of nitrogens with zero attached hydrogens (tertiary/aromatic N) is 3. The third-order valence-corrected chi connectivity index (χ3v) is 4.82. The van der Waals surface area contributed by atoms with Crippen molar-refractivity contribution in [2.45, 2.75) is 18.6 Å². The van der Waals surface area contributed by atoms with Gasteiger partial charge in [-0.2, -0.15) is 11.8 Å². The molecule has 0 bridgehead atoms. The predicted octanol–water partition coefficient (Wildman–Crippen LogP) is 2.61. The van der Waals surface area contributed by atoms with Crippen molar-refractivity contribution in [1.29, 1.82) is 0 Å². The summed E-state index contributed by atoms with van der Waals surface area (Å²) in [6.45, 7) is 3.27.